The molecule has 3 rings (SSSR count). The van der Waals surface area contributed by atoms with Crippen molar-refractivity contribution in [3.63, 3.8) is 0 Å². The minimum atomic E-state index is -0.916. The standard InChI is InChI=1S/C18H26N2O/c1-18(19,15-10-3-2-4-11-15)17(21)20-13-7-9-14-8-5-6-12-16(14)20/h2-4,10-11,14,16H,5-9,12-13,19H2,1H3. The van der Waals surface area contributed by atoms with Crippen molar-refractivity contribution in [2.24, 2.45) is 11.7 Å². The summed E-state index contributed by atoms with van der Waals surface area (Å²) in [6.45, 7) is 2.73. The number of carbonyl (C=O) groups is 1. The highest BCUT2D eigenvalue weighted by Gasteiger charge is 2.41. The highest BCUT2D eigenvalue weighted by Crippen LogP contribution is 2.37. The number of nitrogens with two attached hydrogens (primary N) is 1. The molecule has 1 aromatic rings. The number of benzene rings is 1. The fourth-order valence-corrected chi connectivity index (χ4v) is 4.08. The first-order valence-corrected chi connectivity index (χ1v) is 8.26. The van der Waals surface area contributed by atoms with Crippen molar-refractivity contribution >= 4 is 5.91 Å². The topological polar surface area (TPSA) is 46.3 Å². The third kappa shape index (κ3) is 2.71. The number of amides is 1. The molecular weight excluding hydrogens is 260 g/mol. The third-order valence-electron chi connectivity index (χ3n) is 5.32. The number of likely N-dealkylation sites (tertiary alicyclic amines) is 1. The fraction of sp³-hybridized carbons (Fsp3) is 0.611. The van der Waals surface area contributed by atoms with Crippen molar-refractivity contribution in [2.75, 3.05) is 6.54 Å². The second-order valence-electron chi connectivity index (χ2n) is 6.82. The molecule has 3 unspecified atom stereocenters. The van der Waals surface area contributed by atoms with Crippen LogP contribution in [0.4, 0.5) is 0 Å². The van der Waals surface area contributed by atoms with Crippen LogP contribution < -0.4 is 5.73 Å². The smallest absolute Gasteiger partial charge is 0.247 e. The average molecular weight is 286 g/mol. The van der Waals surface area contributed by atoms with E-state index in [1.54, 1.807) is 0 Å². The van der Waals surface area contributed by atoms with Crippen LogP contribution in [0.5, 0.6) is 0 Å². The van der Waals surface area contributed by atoms with Crippen LogP contribution in [0.3, 0.4) is 0 Å². The van der Waals surface area contributed by atoms with Crippen LogP contribution in [0.15, 0.2) is 30.3 Å². The van der Waals surface area contributed by atoms with Crippen molar-refractivity contribution < 1.29 is 4.79 Å². The molecule has 1 saturated heterocycles. The Morgan fingerprint density at radius 1 is 1.14 bits per heavy atom. The normalized spacial score (nSPS) is 28.6. The summed E-state index contributed by atoms with van der Waals surface area (Å²) < 4.78 is 0. The van der Waals surface area contributed by atoms with E-state index in [1.165, 1.54) is 25.7 Å². The number of nitrogens with zero attached hydrogens (tertiary/aromatic N) is 1. The van der Waals surface area contributed by atoms with Gasteiger partial charge in [0.15, 0.2) is 0 Å². The predicted molar refractivity (Wildman–Crippen MR) is 84.7 cm³/mol. The molecular formula is C18H26N2O. The number of rotatable bonds is 2. The molecule has 1 aromatic carbocycles. The van der Waals surface area contributed by atoms with Crippen LogP contribution >= 0.6 is 0 Å². The summed E-state index contributed by atoms with van der Waals surface area (Å²) in [7, 11) is 0. The van der Waals surface area contributed by atoms with Gasteiger partial charge in [-0.3, -0.25) is 4.79 Å². The Morgan fingerprint density at radius 3 is 2.57 bits per heavy atom. The van der Waals surface area contributed by atoms with Crippen molar-refractivity contribution in [2.45, 2.75) is 57.0 Å². The van der Waals surface area contributed by atoms with Crippen molar-refractivity contribution in [3.8, 4) is 0 Å². The Balaban J connectivity index is 1.83. The van der Waals surface area contributed by atoms with Gasteiger partial charge in [0.25, 0.3) is 0 Å². The number of carbonyl (C=O) groups excluding carboxylic acids is 1. The minimum absolute atomic E-state index is 0.102. The summed E-state index contributed by atoms with van der Waals surface area (Å²) in [5, 5.41) is 0. The first kappa shape index (κ1) is 14.6. The zero-order valence-electron chi connectivity index (χ0n) is 12.9. The van der Waals surface area contributed by atoms with E-state index in [2.05, 4.69) is 4.90 Å². The van der Waals surface area contributed by atoms with Crippen molar-refractivity contribution in [3.05, 3.63) is 35.9 Å². The Labute approximate surface area is 127 Å². The molecule has 3 atom stereocenters. The maximum atomic E-state index is 13.1. The molecule has 1 saturated carbocycles. The van der Waals surface area contributed by atoms with Gasteiger partial charge in [-0.25, -0.2) is 0 Å². The lowest BCUT2D eigenvalue weighted by Gasteiger charge is -2.46. The van der Waals surface area contributed by atoms with Gasteiger partial charge >= 0.3 is 0 Å². The molecule has 3 nitrogen and oxygen atoms in total. The maximum Gasteiger partial charge on any atom is 0.247 e. The fourth-order valence-electron chi connectivity index (χ4n) is 4.08. The average Bonchev–Trinajstić information content (AvgIpc) is 2.54. The molecule has 1 amide bonds. The first-order valence-electron chi connectivity index (χ1n) is 8.26. The highest BCUT2D eigenvalue weighted by molar-refractivity contribution is 5.87. The lowest BCUT2D eigenvalue weighted by Crippen LogP contribution is -2.58. The number of hydrogen-bond acceptors (Lipinski definition) is 2. The van der Waals surface area contributed by atoms with Gasteiger partial charge in [-0.15, -0.1) is 0 Å². The molecule has 0 radical (unpaired) electrons. The van der Waals surface area contributed by atoms with Gasteiger partial charge in [0.05, 0.1) is 0 Å². The van der Waals surface area contributed by atoms with Gasteiger partial charge in [0, 0.05) is 12.6 Å². The van der Waals surface area contributed by atoms with Gasteiger partial charge in [-0.05, 0) is 44.1 Å². The van der Waals surface area contributed by atoms with Crippen molar-refractivity contribution in [1.82, 2.24) is 4.90 Å². The lowest BCUT2D eigenvalue weighted by atomic mass is 9.77. The third-order valence-corrected chi connectivity index (χ3v) is 5.32. The minimum Gasteiger partial charge on any atom is -0.338 e. The second-order valence-corrected chi connectivity index (χ2v) is 6.82. The molecule has 0 aromatic heterocycles. The molecule has 2 N–H and O–H groups in total. The first-order chi connectivity index (χ1) is 10.1. The lowest BCUT2D eigenvalue weighted by molar-refractivity contribution is -0.143. The molecule has 0 bridgehead atoms. The highest BCUT2D eigenvalue weighted by atomic mass is 16.2. The van der Waals surface area contributed by atoms with Crippen LogP contribution in [0.1, 0.15) is 51.0 Å². The SMILES string of the molecule is CC(N)(C(=O)N1CCCC2CCCCC21)c1ccccc1. The molecule has 3 heteroatoms. The molecule has 21 heavy (non-hydrogen) atoms. The van der Waals surface area contributed by atoms with E-state index in [-0.39, 0.29) is 5.91 Å². The van der Waals surface area contributed by atoms with Gasteiger partial charge in [-0.2, -0.15) is 0 Å². The second kappa shape index (κ2) is 5.80. The van der Waals surface area contributed by atoms with E-state index < -0.39 is 5.54 Å². The van der Waals surface area contributed by atoms with E-state index in [4.69, 9.17) is 5.73 Å². The Bertz CT molecular complexity index is 495. The zero-order chi connectivity index (χ0) is 14.9. The molecule has 1 aliphatic carbocycles. The van der Waals surface area contributed by atoms with Gasteiger partial charge in [0.2, 0.25) is 5.91 Å². The van der Waals surface area contributed by atoms with Crippen LogP contribution in [0.25, 0.3) is 0 Å². The van der Waals surface area contributed by atoms with Crippen molar-refractivity contribution in [1.29, 1.82) is 0 Å². The molecule has 1 heterocycles. The summed E-state index contributed by atoms with van der Waals surface area (Å²) in [5.74, 6) is 0.799. The van der Waals surface area contributed by atoms with E-state index in [0.29, 0.717) is 12.0 Å². The summed E-state index contributed by atoms with van der Waals surface area (Å²) in [6.07, 6.45) is 7.40. The predicted octanol–water partition coefficient (Wildman–Crippen LogP) is 3.04. The monoisotopic (exact) mass is 286 g/mol. The maximum absolute atomic E-state index is 13.1. The van der Waals surface area contributed by atoms with Gasteiger partial charge in [-0.1, -0.05) is 43.2 Å². The number of fused-ring (bicyclic) bond motifs is 1. The summed E-state index contributed by atoms with van der Waals surface area (Å²) in [4.78, 5) is 15.2. The summed E-state index contributed by atoms with van der Waals surface area (Å²) >= 11 is 0. The van der Waals surface area contributed by atoms with E-state index in [1.807, 2.05) is 37.3 Å². The molecule has 2 aliphatic rings. The Hall–Kier alpha value is -1.35. The molecule has 2 fully saturated rings. The number of hydrogen-bond donors (Lipinski definition) is 1. The van der Waals surface area contributed by atoms with Crippen LogP contribution in [0.2, 0.25) is 0 Å². The van der Waals surface area contributed by atoms with Crippen LogP contribution in [-0.2, 0) is 10.3 Å². The Kier molecular flexibility index (Phi) is 4.03. The summed E-state index contributed by atoms with van der Waals surface area (Å²) in [5.41, 5.74) is 6.44. The van der Waals surface area contributed by atoms with E-state index in [9.17, 15) is 4.79 Å². The van der Waals surface area contributed by atoms with E-state index in [0.717, 1.165) is 24.9 Å². The number of piperidine rings is 1. The van der Waals surface area contributed by atoms with Crippen LogP contribution in [-0.4, -0.2) is 23.4 Å². The Morgan fingerprint density at radius 2 is 1.81 bits per heavy atom. The van der Waals surface area contributed by atoms with Gasteiger partial charge < -0.3 is 10.6 Å². The van der Waals surface area contributed by atoms with Gasteiger partial charge in [0.1, 0.15) is 5.54 Å². The van der Waals surface area contributed by atoms with E-state index >= 15 is 0 Å². The quantitative estimate of drug-likeness (QED) is 0.908. The largest absolute Gasteiger partial charge is 0.338 e. The molecule has 1 aliphatic heterocycles. The summed E-state index contributed by atoms with van der Waals surface area (Å²) in [6, 6.07) is 10.2. The molecule has 114 valence electrons. The van der Waals surface area contributed by atoms with Crippen LogP contribution in [0, 0.1) is 5.92 Å². The zero-order valence-corrected chi connectivity index (χ0v) is 12.9. The molecule has 0 spiro atoms.